The van der Waals surface area contributed by atoms with Crippen molar-refractivity contribution in [2.75, 3.05) is 0 Å². The van der Waals surface area contributed by atoms with Gasteiger partial charge in [-0.05, 0) is 53.3 Å². The molecule has 2 aromatic rings. The van der Waals surface area contributed by atoms with Crippen LogP contribution in [0, 0.1) is 10.5 Å². The van der Waals surface area contributed by atoms with Crippen molar-refractivity contribution in [3.05, 3.63) is 38.6 Å². The molecule has 3 heteroatoms. The maximum atomic E-state index is 6.04. The maximum absolute atomic E-state index is 6.04. The first-order valence-corrected chi connectivity index (χ1v) is 5.34. The molecule has 0 aliphatic heterocycles. The summed E-state index contributed by atoms with van der Waals surface area (Å²) < 4.78 is 1.22. The van der Waals surface area contributed by atoms with Gasteiger partial charge < -0.3 is 0 Å². The number of aryl methyl sites for hydroxylation is 1. The molecule has 13 heavy (non-hydrogen) atoms. The number of rotatable bonds is 0. The molecule has 0 unspecified atom stereocenters. The second-order valence-electron chi connectivity index (χ2n) is 2.91. The van der Waals surface area contributed by atoms with Gasteiger partial charge in [0.2, 0.25) is 0 Å². The summed E-state index contributed by atoms with van der Waals surface area (Å²) >= 11 is 8.34. The summed E-state index contributed by atoms with van der Waals surface area (Å²) in [6.07, 6.45) is 1.73. The number of fused-ring (bicyclic) bond motifs is 1. The van der Waals surface area contributed by atoms with E-state index in [0.717, 1.165) is 15.9 Å². The molecule has 2 rings (SSSR count). The Labute approximate surface area is 95.3 Å². The van der Waals surface area contributed by atoms with Crippen LogP contribution in [0.2, 0.25) is 5.02 Å². The Balaban J connectivity index is 2.89. The molecule has 0 aliphatic carbocycles. The lowest BCUT2D eigenvalue weighted by molar-refractivity contribution is 1.38. The fraction of sp³-hybridized carbons (Fsp3) is 0.100. The van der Waals surface area contributed by atoms with Crippen LogP contribution >= 0.6 is 34.2 Å². The third-order valence-electron chi connectivity index (χ3n) is 1.97. The first-order valence-electron chi connectivity index (χ1n) is 3.89. The van der Waals surface area contributed by atoms with Crippen molar-refractivity contribution in [3.63, 3.8) is 0 Å². The summed E-state index contributed by atoms with van der Waals surface area (Å²) in [5.74, 6) is 0. The zero-order valence-electron chi connectivity index (χ0n) is 7.01. The first-order chi connectivity index (χ1) is 6.18. The molecule has 0 saturated carbocycles. The van der Waals surface area contributed by atoms with Crippen molar-refractivity contribution in [1.82, 2.24) is 4.98 Å². The smallest absolute Gasteiger partial charge is 0.0727 e. The van der Waals surface area contributed by atoms with Crippen LogP contribution in [-0.4, -0.2) is 4.98 Å². The Morgan fingerprint density at radius 1 is 1.38 bits per heavy atom. The fourth-order valence-electron chi connectivity index (χ4n) is 1.24. The number of aromatic nitrogens is 1. The van der Waals surface area contributed by atoms with Gasteiger partial charge in [0.25, 0.3) is 0 Å². The van der Waals surface area contributed by atoms with Crippen molar-refractivity contribution < 1.29 is 0 Å². The zero-order valence-corrected chi connectivity index (χ0v) is 9.93. The van der Waals surface area contributed by atoms with Crippen molar-refractivity contribution in [2.45, 2.75) is 6.92 Å². The molecule has 0 spiro atoms. The van der Waals surface area contributed by atoms with E-state index in [1.807, 2.05) is 6.07 Å². The minimum absolute atomic E-state index is 0.768. The van der Waals surface area contributed by atoms with Gasteiger partial charge in [-0.15, -0.1) is 0 Å². The van der Waals surface area contributed by atoms with Crippen LogP contribution < -0.4 is 0 Å². The standard InChI is InChI=1S/C10H7ClIN/c1-6-4-7-8(11)2-3-13-10(7)5-9(6)12/h2-5H,1H3. The van der Waals surface area contributed by atoms with E-state index in [4.69, 9.17) is 11.6 Å². The molecule has 66 valence electrons. The largest absolute Gasteiger partial charge is 0.256 e. The van der Waals surface area contributed by atoms with E-state index in [0.29, 0.717) is 0 Å². The van der Waals surface area contributed by atoms with Crippen LogP contribution in [-0.2, 0) is 0 Å². The molecule has 0 saturated heterocycles. The predicted octanol–water partition coefficient (Wildman–Crippen LogP) is 3.80. The molecule has 1 nitrogen and oxygen atoms in total. The zero-order chi connectivity index (χ0) is 9.42. The van der Waals surface area contributed by atoms with Crippen LogP contribution in [0.5, 0.6) is 0 Å². The fourth-order valence-corrected chi connectivity index (χ4v) is 1.90. The van der Waals surface area contributed by atoms with Crippen LogP contribution in [0.3, 0.4) is 0 Å². The Morgan fingerprint density at radius 3 is 2.92 bits per heavy atom. The lowest BCUT2D eigenvalue weighted by Gasteiger charge is -2.02. The van der Waals surface area contributed by atoms with Crippen molar-refractivity contribution in [2.24, 2.45) is 0 Å². The molecule has 1 heterocycles. The van der Waals surface area contributed by atoms with Crippen LogP contribution in [0.1, 0.15) is 5.56 Å². The third kappa shape index (κ3) is 1.65. The molecule has 0 bridgehead atoms. The van der Waals surface area contributed by atoms with E-state index in [1.165, 1.54) is 9.13 Å². The molecule has 0 fully saturated rings. The van der Waals surface area contributed by atoms with E-state index in [2.05, 4.69) is 46.6 Å². The normalized spacial score (nSPS) is 10.7. The van der Waals surface area contributed by atoms with Gasteiger partial charge in [-0.1, -0.05) is 11.6 Å². The van der Waals surface area contributed by atoms with Gasteiger partial charge in [0.05, 0.1) is 10.5 Å². The van der Waals surface area contributed by atoms with Crippen LogP contribution in [0.15, 0.2) is 24.4 Å². The monoisotopic (exact) mass is 303 g/mol. The number of pyridine rings is 1. The Kier molecular flexibility index (Phi) is 2.43. The quantitative estimate of drug-likeness (QED) is 0.675. The highest BCUT2D eigenvalue weighted by Gasteiger charge is 2.02. The lowest BCUT2D eigenvalue weighted by atomic mass is 10.1. The number of halogens is 2. The maximum Gasteiger partial charge on any atom is 0.0727 e. The molecule has 1 aromatic heterocycles. The summed E-state index contributed by atoms with van der Waals surface area (Å²) in [4.78, 5) is 4.25. The minimum atomic E-state index is 0.768. The van der Waals surface area contributed by atoms with Gasteiger partial charge >= 0.3 is 0 Å². The molecule has 0 aliphatic rings. The van der Waals surface area contributed by atoms with Gasteiger partial charge in [0.1, 0.15) is 0 Å². The van der Waals surface area contributed by atoms with Gasteiger partial charge in [0, 0.05) is 15.2 Å². The SMILES string of the molecule is Cc1cc2c(Cl)ccnc2cc1I. The summed E-state index contributed by atoms with van der Waals surface area (Å²) in [5, 5.41) is 1.80. The minimum Gasteiger partial charge on any atom is -0.256 e. The van der Waals surface area contributed by atoms with E-state index in [9.17, 15) is 0 Å². The summed E-state index contributed by atoms with van der Waals surface area (Å²) in [6.45, 7) is 2.07. The molecule has 0 radical (unpaired) electrons. The van der Waals surface area contributed by atoms with Gasteiger partial charge in [-0.2, -0.15) is 0 Å². The first kappa shape index (κ1) is 9.21. The van der Waals surface area contributed by atoms with Gasteiger partial charge in [-0.3, -0.25) is 4.98 Å². The number of hydrogen-bond donors (Lipinski definition) is 0. The second kappa shape index (κ2) is 3.42. The third-order valence-corrected chi connectivity index (χ3v) is 3.46. The van der Waals surface area contributed by atoms with E-state index in [1.54, 1.807) is 6.20 Å². The highest BCUT2D eigenvalue weighted by molar-refractivity contribution is 14.1. The number of hydrogen-bond acceptors (Lipinski definition) is 1. The van der Waals surface area contributed by atoms with Crippen LogP contribution in [0.25, 0.3) is 10.9 Å². The van der Waals surface area contributed by atoms with Gasteiger partial charge in [0.15, 0.2) is 0 Å². The Bertz CT molecular complexity index is 468. The number of nitrogens with zero attached hydrogens (tertiary/aromatic N) is 1. The topological polar surface area (TPSA) is 12.9 Å². The summed E-state index contributed by atoms with van der Waals surface area (Å²) in [5.41, 5.74) is 2.20. The predicted molar refractivity (Wildman–Crippen MR) is 64.2 cm³/mol. The molecule has 0 atom stereocenters. The highest BCUT2D eigenvalue weighted by atomic mass is 127. The average molecular weight is 304 g/mol. The number of benzene rings is 1. The Hall–Kier alpha value is -0.350. The second-order valence-corrected chi connectivity index (χ2v) is 4.48. The molecular formula is C10H7ClIN. The average Bonchev–Trinajstić information content (AvgIpc) is 2.09. The highest BCUT2D eigenvalue weighted by Crippen LogP contribution is 2.25. The summed E-state index contributed by atoms with van der Waals surface area (Å²) in [6, 6.07) is 5.94. The lowest BCUT2D eigenvalue weighted by Crippen LogP contribution is -1.84. The van der Waals surface area contributed by atoms with Crippen molar-refractivity contribution in [3.8, 4) is 0 Å². The Morgan fingerprint density at radius 2 is 2.15 bits per heavy atom. The van der Waals surface area contributed by atoms with Crippen molar-refractivity contribution >= 4 is 45.1 Å². The van der Waals surface area contributed by atoms with E-state index >= 15 is 0 Å². The molecular weight excluding hydrogens is 296 g/mol. The van der Waals surface area contributed by atoms with E-state index < -0.39 is 0 Å². The van der Waals surface area contributed by atoms with Gasteiger partial charge in [-0.25, -0.2) is 0 Å². The van der Waals surface area contributed by atoms with Crippen LogP contribution in [0.4, 0.5) is 0 Å². The molecule has 0 amide bonds. The molecule has 1 aromatic carbocycles. The van der Waals surface area contributed by atoms with E-state index in [-0.39, 0.29) is 0 Å². The van der Waals surface area contributed by atoms with Crippen molar-refractivity contribution in [1.29, 1.82) is 0 Å². The molecule has 0 N–H and O–H groups in total. The summed E-state index contributed by atoms with van der Waals surface area (Å²) in [7, 11) is 0.